The van der Waals surface area contributed by atoms with E-state index in [4.69, 9.17) is 0 Å². The predicted molar refractivity (Wildman–Crippen MR) is 89.6 cm³/mol. The summed E-state index contributed by atoms with van der Waals surface area (Å²) < 4.78 is 0.669. The summed E-state index contributed by atoms with van der Waals surface area (Å²) in [5.74, 6) is 0. The number of hydrogen-bond donors (Lipinski definition) is 1. The van der Waals surface area contributed by atoms with Gasteiger partial charge in [-0.3, -0.25) is 0 Å². The SMILES string of the molecule is N#Cc1cccc(C#N)c1Sc1nnc(Nc2ccccc2)s1. The monoisotopic (exact) mass is 335 g/mol. The Morgan fingerprint density at radius 1 is 0.913 bits per heavy atom. The zero-order valence-electron chi connectivity index (χ0n) is 11.7. The number of aromatic nitrogens is 2. The smallest absolute Gasteiger partial charge is 0.210 e. The minimum atomic E-state index is 0.460. The molecular formula is C16H9N5S2. The molecule has 110 valence electrons. The highest BCUT2D eigenvalue weighted by atomic mass is 32.2. The van der Waals surface area contributed by atoms with E-state index in [2.05, 4.69) is 27.7 Å². The van der Waals surface area contributed by atoms with E-state index in [1.54, 1.807) is 18.2 Å². The predicted octanol–water partition coefficient (Wildman–Crippen LogP) is 4.18. The van der Waals surface area contributed by atoms with Gasteiger partial charge in [0.25, 0.3) is 0 Å². The number of hydrogen-bond acceptors (Lipinski definition) is 7. The molecule has 0 aliphatic heterocycles. The molecule has 7 heteroatoms. The van der Waals surface area contributed by atoms with Crippen molar-refractivity contribution < 1.29 is 0 Å². The minimum absolute atomic E-state index is 0.460. The van der Waals surface area contributed by atoms with Crippen LogP contribution in [0.3, 0.4) is 0 Å². The van der Waals surface area contributed by atoms with Crippen LogP contribution in [0.2, 0.25) is 0 Å². The first-order chi connectivity index (χ1) is 11.3. The quantitative estimate of drug-likeness (QED) is 0.770. The van der Waals surface area contributed by atoms with Crippen LogP contribution in [0.4, 0.5) is 10.8 Å². The number of anilines is 2. The van der Waals surface area contributed by atoms with Gasteiger partial charge >= 0.3 is 0 Å². The van der Waals surface area contributed by atoms with E-state index in [9.17, 15) is 10.5 Å². The van der Waals surface area contributed by atoms with Crippen LogP contribution in [0.25, 0.3) is 0 Å². The maximum absolute atomic E-state index is 9.20. The zero-order valence-corrected chi connectivity index (χ0v) is 13.4. The van der Waals surface area contributed by atoms with Crippen molar-refractivity contribution >= 4 is 33.9 Å². The fourth-order valence-electron chi connectivity index (χ4n) is 1.86. The summed E-state index contributed by atoms with van der Waals surface area (Å²) in [6.45, 7) is 0. The lowest BCUT2D eigenvalue weighted by atomic mass is 10.1. The molecule has 0 bridgehead atoms. The lowest BCUT2D eigenvalue weighted by Gasteiger charge is -2.02. The third kappa shape index (κ3) is 3.49. The Balaban J connectivity index is 1.83. The van der Waals surface area contributed by atoms with Gasteiger partial charge in [0.2, 0.25) is 5.13 Å². The molecule has 1 aromatic heterocycles. The summed E-state index contributed by atoms with van der Waals surface area (Å²) >= 11 is 2.65. The fourth-order valence-corrected chi connectivity index (χ4v) is 3.71. The van der Waals surface area contributed by atoms with Crippen molar-refractivity contribution in [1.29, 1.82) is 10.5 Å². The second kappa shape index (κ2) is 6.93. The maximum atomic E-state index is 9.20. The Morgan fingerprint density at radius 2 is 1.61 bits per heavy atom. The number of nitrogens with one attached hydrogen (secondary N) is 1. The van der Waals surface area contributed by atoms with E-state index < -0.39 is 0 Å². The van der Waals surface area contributed by atoms with E-state index >= 15 is 0 Å². The zero-order chi connectivity index (χ0) is 16.1. The van der Waals surface area contributed by atoms with Gasteiger partial charge in [-0.15, -0.1) is 10.2 Å². The Morgan fingerprint density at radius 3 is 2.26 bits per heavy atom. The summed E-state index contributed by atoms with van der Waals surface area (Å²) in [5.41, 5.74) is 1.85. The van der Waals surface area contributed by atoms with E-state index in [1.807, 2.05) is 30.3 Å². The van der Waals surface area contributed by atoms with Crippen LogP contribution < -0.4 is 5.32 Å². The molecule has 0 radical (unpaired) electrons. The average Bonchev–Trinajstić information content (AvgIpc) is 3.03. The van der Waals surface area contributed by atoms with Gasteiger partial charge in [-0.2, -0.15) is 10.5 Å². The standard InChI is InChI=1S/C16H9N5S2/c17-9-11-5-4-6-12(10-18)14(11)22-16-21-20-15(23-16)19-13-7-2-1-3-8-13/h1-8H,(H,19,20). The van der Waals surface area contributed by atoms with Gasteiger partial charge in [0.15, 0.2) is 4.34 Å². The first kappa shape index (κ1) is 15.0. The van der Waals surface area contributed by atoms with Crippen molar-refractivity contribution in [2.75, 3.05) is 5.32 Å². The summed E-state index contributed by atoms with van der Waals surface area (Å²) in [6, 6.07) is 19.0. The molecule has 3 rings (SSSR count). The summed E-state index contributed by atoms with van der Waals surface area (Å²) in [5, 5.41) is 30.4. The van der Waals surface area contributed by atoms with Gasteiger partial charge in [-0.25, -0.2) is 0 Å². The molecule has 0 amide bonds. The van der Waals surface area contributed by atoms with Crippen LogP contribution in [0.15, 0.2) is 57.8 Å². The summed E-state index contributed by atoms with van der Waals surface area (Å²) in [7, 11) is 0. The topological polar surface area (TPSA) is 85.4 Å². The molecule has 0 aliphatic rings. The molecule has 0 saturated heterocycles. The van der Waals surface area contributed by atoms with Crippen LogP contribution in [-0.2, 0) is 0 Å². The van der Waals surface area contributed by atoms with Gasteiger partial charge in [-0.05, 0) is 24.3 Å². The van der Waals surface area contributed by atoms with Gasteiger partial charge in [0, 0.05) is 5.69 Å². The van der Waals surface area contributed by atoms with E-state index in [0.29, 0.717) is 25.5 Å². The molecule has 1 N–H and O–H groups in total. The number of nitrogens with zero attached hydrogens (tertiary/aromatic N) is 4. The van der Waals surface area contributed by atoms with Gasteiger partial charge in [0.05, 0.1) is 16.0 Å². The number of nitriles is 2. The van der Waals surface area contributed by atoms with Crippen LogP contribution in [0.1, 0.15) is 11.1 Å². The molecule has 0 atom stereocenters. The third-order valence-corrected chi connectivity index (χ3v) is 4.91. The molecule has 0 saturated carbocycles. The van der Waals surface area contributed by atoms with Crippen molar-refractivity contribution in [2.45, 2.75) is 9.24 Å². The largest absolute Gasteiger partial charge is 0.330 e. The number of para-hydroxylation sites is 1. The van der Waals surface area contributed by atoms with Crippen LogP contribution in [0, 0.1) is 22.7 Å². The molecule has 5 nitrogen and oxygen atoms in total. The molecule has 23 heavy (non-hydrogen) atoms. The minimum Gasteiger partial charge on any atom is -0.330 e. The Bertz CT molecular complexity index is 874. The highest BCUT2D eigenvalue weighted by Gasteiger charge is 2.13. The lowest BCUT2D eigenvalue weighted by molar-refractivity contribution is 1.01. The molecule has 1 heterocycles. The first-order valence-corrected chi connectivity index (χ1v) is 8.20. The first-order valence-electron chi connectivity index (χ1n) is 6.57. The van der Waals surface area contributed by atoms with Crippen molar-refractivity contribution in [2.24, 2.45) is 0 Å². The second-order valence-corrected chi connectivity index (χ2v) is 6.61. The lowest BCUT2D eigenvalue weighted by Crippen LogP contribution is -1.88. The van der Waals surface area contributed by atoms with Crippen molar-refractivity contribution in [3.8, 4) is 12.1 Å². The Kier molecular flexibility index (Phi) is 4.53. The number of benzene rings is 2. The molecule has 0 unspecified atom stereocenters. The normalized spacial score (nSPS) is 9.83. The van der Waals surface area contributed by atoms with E-state index in [1.165, 1.54) is 23.1 Å². The molecule has 3 aromatic rings. The summed E-state index contributed by atoms with van der Waals surface area (Å²) in [4.78, 5) is 0.611. The highest BCUT2D eigenvalue weighted by molar-refractivity contribution is 8.01. The highest BCUT2D eigenvalue weighted by Crippen LogP contribution is 2.36. The molecule has 0 spiro atoms. The molecule has 2 aromatic carbocycles. The second-order valence-electron chi connectivity index (χ2n) is 4.37. The number of rotatable bonds is 4. The van der Waals surface area contributed by atoms with Gasteiger partial charge in [0.1, 0.15) is 12.1 Å². The fraction of sp³-hybridized carbons (Fsp3) is 0. The maximum Gasteiger partial charge on any atom is 0.210 e. The van der Waals surface area contributed by atoms with E-state index in [-0.39, 0.29) is 0 Å². The van der Waals surface area contributed by atoms with Crippen LogP contribution >= 0.6 is 23.1 Å². The molecular weight excluding hydrogens is 326 g/mol. The Hall–Kier alpha value is -2.87. The van der Waals surface area contributed by atoms with Crippen molar-refractivity contribution in [1.82, 2.24) is 10.2 Å². The Labute approximate surface area is 141 Å². The van der Waals surface area contributed by atoms with Crippen molar-refractivity contribution in [3.63, 3.8) is 0 Å². The molecule has 0 fully saturated rings. The van der Waals surface area contributed by atoms with Gasteiger partial charge in [-0.1, -0.05) is 47.4 Å². The summed E-state index contributed by atoms with van der Waals surface area (Å²) in [6.07, 6.45) is 0. The van der Waals surface area contributed by atoms with Crippen LogP contribution in [0.5, 0.6) is 0 Å². The average molecular weight is 335 g/mol. The van der Waals surface area contributed by atoms with Crippen LogP contribution in [-0.4, -0.2) is 10.2 Å². The van der Waals surface area contributed by atoms with Gasteiger partial charge < -0.3 is 5.32 Å². The van der Waals surface area contributed by atoms with E-state index in [0.717, 1.165) is 5.69 Å². The van der Waals surface area contributed by atoms with Crippen molar-refractivity contribution in [3.05, 3.63) is 59.7 Å². The third-order valence-electron chi connectivity index (χ3n) is 2.88. The molecule has 0 aliphatic carbocycles.